The molecule has 3 heterocycles. The molecule has 36 heavy (non-hydrogen) atoms. The zero-order valence-corrected chi connectivity index (χ0v) is 20.5. The summed E-state index contributed by atoms with van der Waals surface area (Å²) in [4.78, 5) is 25.4. The molecule has 2 fully saturated rings. The van der Waals surface area contributed by atoms with Crippen molar-refractivity contribution in [3.63, 3.8) is 0 Å². The van der Waals surface area contributed by atoms with Crippen LogP contribution in [-0.4, -0.2) is 46.8 Å². The summed E-state index contributed by atoms with van der Waals surface area (Å²) in [6, 6.07) is 12.8. The number of aromatic amines is 1. The van der Waals surface area contributed by atoms with E-state index < -0.39 is 9.84 Å². The molecule has 1 atom stereocenters. The van der Waals surface area contributed by atoms with Crippen LogP contribution >= 0.6 is 0 Å². The molecule has 0 spiro atoms. The first kappa shape index (κ1) is 22.7. The van der Waals surface area contributed by atoms with Gasteiger partial charge in [-0.2, -0.15) is 0 Å². The first-order valence-corrected chi connectivity index (χ1v) is 14.0. The Balaban J connectivity index is 1.27. The molecule has 2 aromatic carbocycles. The molecular formula is C27H27N5O3S. The molecule has 184 valence electrons. The number of nitrogen functional groups attached to an aromatic ring is 1. The van der Waals surface area contributed by atoms with Crippen molar-refractivity contribution in [2.45, 2.75) is 37.1 Å². The van der Waals surface area contributed by atoms with Crippen molar-refractivity contribution in [2.24, 2.45) is 0 Å². The lowest BCUT2D eigenvalue weighted by atomic mass is 9.61. The summed E-state index contributed by atoms with van der Waals surface area (Å²) in [6.45, 7) is 0. The van der Waals surface area contributed by atoms with Gasteiger partial charge in [0.2, 0.25) is 0 Å². The Hall–Kier alpha value is -3.72. The van der Waals surface area contributed by atoms with E-state index in [1.54, 1.807) is 0 Å². The van der Waals surface area contributed by atoms with Gasteiger partial charge in [-0.3, -0.25) is 4.79 Å². The Morgan fingerprint density at radius 1 is 1.08 bits per heavy atom. The van der Waals surface area contributed by atoms with E-state index in [2.05, 4.69) is 20.3 Å². The van der Waals surface area contributed by atoms with Crippen LogP contribution in [0.25, 0.3) is 22.3 Å². The van der Waals surface area contributed by atoms with Crippen LogP contribution in [-0.2, 0) is 15.3 Å². The van der Waals surface area contributed by atoms with E-state index in [0.717, 1.165) is 41.3 Å². The topological polar surface area (TPSA) is 131 Å². The van der Waals surface area contributed by atoms with Crippen LogP contribution in [0.4, 0.5) is 5.69 Å². The molecule has 8 nitrogen and oxygen atoms in total. The fourth-order valence-electron chi connectivity index (χ4n) is 5.44. The molecular weight excluding hydrogens is 474 g/mol. The predicted molar refractivity (Wildman–Crippen MR) is 139 cm³/mol. The largest absolute Gasteiger partial charge is 0.399 e. The highest BCUT2D eigenvalue weighted by Gasteiger charge is 2.42. The number of benzene rings is 2. The highest BCUT2D eigenvalue weighted by Crippen LogP contribution is 2.50. The van der Waals surface area contributed by atoms with Crippen LogP contribution in [0.15, 0.2) is 61.1 Å². The SMILES string of the molecule is Nc1ccc(-c2ncc(C3(c4c[nH]c5cc(C(=O)NC6CCS(=O)(=O)C6)ccc45)CCC3)cn2)cc1. The lowest BCUT2D eigenvalue weighted by Crippen LogP contribution is -2.36. The minimum Gasteiger partial charge on any atom is -0.399 e. The summed E-state index contributed by atoms with van der Waals surface area (Å²) >= 11 is 0. The average Bonchev–Trinajstić information content (AvgIpc) is 3.42. The molecule has 1 aliphatic carbocycles. The molecule has 2 aliphatic rings. The zero-order chi connectivity index (χ0) is 24.9. The van der Waals surface area contributed by atoms with E-state index in [1.807, 2.05) is 61.1 Å². The van der Waals surface area contributed by atoms with Crippen molar-refractivity contribution in [1.29, 1.82) is 0 Å². The second-order valence-corrected chi connectivity index (χ2v) is 12.1. The molecule has 4 aromatic rings. The molecule has 1 amide bonds. The molecule has 0 radical (unpaired) electrons. The lowest BCUT2D eigenvalue weighted by molar-refractivity contribution is 0.0941. The minimum absolute atomic E-state index is 0.00927. The third-order valence-electron chi connectivity index (χ3n) is 7.61. The number of carbonyl (C=O) groups is 1. The second kappa shape index (κ2) is 8.44. The van der Waals surface area contributed by atoms with E-state index in [0.29, 0.717) is 23.5 Å². The molecule has 1 unspecified atom stereocenters. The van der Waals surface area contributed by atoms with Crippen LogP contribution < -0.4 is 11.1 Å². The molecule has 1 saturated heterocycles. The van der Waals surface area contributed by atoms with Crippen molar-refractivity contribution >= 4 is 32.3 Å². The van der Waals surface area contributed by atoms with Gasteiger partial charge in [0.1, 0.15) is 0 Å². The van der Waals surface area contributed by atoms with Gasteiger partial charge in [0.05, 0.1) is 11.5 Å². The Bertz CT molecular complexity index is 1560. The number of nitrogens with zero attached hydrogens (tertiary/aromatic N) is 2. The lowest BCUT2D eigenvalue weighted by Gasteiger charge is -2.42. The second-order valence-electron chi connectivity index (χ2n) is 9.89. The van der Waals surface area contributed by atoms with E-state index >= 15 is 0 Å². The summed E-state index contributed by atoms with van der Waals surface area (Å²) in [5, 5.41) is 3.93. The maximum atomic E-state index is 12.8. The quantitative estimate of drug-likeness (QED) is 0.358. The summed E-state index contributed by atoms with van der Waals surface area (Å²) in [6.07, 6.45) is 9.47. The number of H-pyrrole nitrogens is 1. The standard InChI is InChI=1S/C27H27N5O3S/c28-20-5-2-17(3-6-20)25-30-13-19(14-31-25)27(9-1-10-27)23-15-29-24-12-18(4-7-22(23)24)26(33)32-21-8-11-36(34,35)16-21/h2-7,12-15,21,29H,1,8-11,16,28H2,(H,32,33). The van der Waals surface area contributed by atoms with Crippen molar-refractivity contribution in [1.82, 2.24) is 20.3 Å². The normalized spacial score (nSPS) is 20.2. The number of rotatable bonds is 5. The molecule has 0 bridgehead atoms. The molecule has 1 saturated carbocycles. The van der Waals surface area contributed by atoms with E-state index in [4.69, 9.17) is 5.73 Å². The number of amides is 1. The Kier molecular flexibility index (Phi) is 5.33. The monoisotopic (exact) mass is 501 g/mol. The smallest absolute Gasteiger partial charge is 0.251 e. The average molecular weight is 502 g/mol. The molecule has 1 aliphatic heterocycles. The number of nitrogens with one attached hydrogen (secondary N) is 2. The van der Waals surface area contributed by atoms with Crippen LogP contribution in [0.3, 0.4) is 0 Å². The van der Waals surface area contributed by atoms with E-state index in [9.17, 15) is 13.2 Å². The van der Waals surface area contributed by atoms with Crippen molar-refractivity contribution < 1.29 is 13.2 Å². The van der Waals surface area contributed by atoms with Gasteiger partial charge in [0.25, 0.3) is 5.91 Å². The maximum Gasteiger partial charge on any atom is 0.251 e. The number of fused-ring (bicyclic) bond motifs is 1. The van der Waals surface area contributed by atoms with Gasteiger partial charge in [-0.15, -0.1) is 0 Å². The van der Waals surface area contributed by atoms with Crippen LogP contribution in [0.2, 0.25) is 0 Å². The minimum atomic E-state index is -3.05. The fourth-order valence-corrected chi connectivity index (χ4v) is 7.11. The third kappa shape index (κ3) is 3.93. The van der Waals surface area contributed by atoms with Gasteiger partial charge in [-0.1, -0.05) is 12.5 Å². The number of carbonyl (C=O) groups excluding carboxylic acids is 1. The highest BCUT2D eigenvalue weighted by molar-refractivity contribution is 7.91. The first-order valence-electron chi connectivity index (χ1n) is 12.1. The Labute approximate surface area is 209 Å². The van der Waals surface area contributed by atoms with Crippen LogP contribution in [0.1, 0.15) is 47.2 Å². The number of hydrogen-bond donors (Lipinski definition) is 3. The summed E-state index contributed by atoms with van der Waals surface area (Å²) in [5.41, 5.74) is 10.9. The number of nitrogens with two attached hydrogens (primary N) is 1. The predicted octanol–water partition coefficient (Wildman–Crippen LogP) is 3.59. The van der Waals surface area contributed by atoms with Crippen LogP contribution in [0.5, 0.6) is 0 Å². The summed E-state index contributed by atoms with van der Waals surface area (Å²) in [5.74, 6) is 0.553. The summed E-state index contributed by atoms with van der Waals surface area (Å²) < 4.78 is 23.4. The highest BCUT2D eigenvalue weighted by atomic mass is 32.2. The third-order valence-corrected chi connectivity index (χ3v) is 9.38. The van der Waals surface area contributed by atoms with Gasteiger partial charge >= 0.3 is 0 Å². The first-order chi connectivity index (χ1) is 17.3. The maximum absolute atomic E-state index is 12.8. The van der Waals surface area contributed by atoms with Gasteiger partial charge in [-0.05, 0) is 66.8 Å². The zero-order valence-electron chi connectivity index (χ0n) is 19.7. The van der Waals surface area contributed by atoms with Crippen molar-refractivity contribution in [3.8, 4) is 11.4 Å². The Morgan fingerprint density at radius 3 is 2.47 bits per heavy atom. The fraction of sp³-hybridized carbons (Fsp3) is 0.296. The summed E-state index contributed by atoms with van der Waals surface area (Å²) in [7, 11) is -3.05. The van der Waals surface area contributed by atoms with Gasteiger partial charge in [-0.25, -0.2) is 18.4 Å². The molecule has 4 N–H and O–H groups in total. The molecule has 9 heteroatoms. The van der Waals surface area contributed by atoms with Gasteiger partial charge in [0.15, 0.2) is 15.7 Å². The number of aromatic nitrogens is 3. The van der Waals surface area contributed by atoms with E-state index in [1.165, 1.54) is 5.56 Å². The van der Waals surface area contributed by atoms with Gasteiger partial charge < -0.3 is 16.0 Å². The van der Waals surface area contributed by atoms with Crippen molar-refractivity contribution in [2.75, 3.05) is 17.2 Å². The molecule has 2 aromatic heterocycles. The Morgan fingerprint density at radius 2 is 1.83 bits per heavy atom. The van der Waals surface area contributed by atoms with Crippen LogP contribution in [0, 0.1) is 0 Å². The van der Waals surface area contributed by atoms with E-state index in [-0.39, 0.29) is 28.9 Å². The number of anilines is 1. The number of sulfone groups is 1. The van der Waals surface area contributed by atoms with Gasteiger partial charge in [0, 0.05) is 57.8 Å². The molecule has 6 rings (SSSR count). The van der Waals surface area contributed by atoms with Crippen molar-refractivity contribution in [3.05, 3.63) is 77.7 Å². The number of hydrogen-bond acceptors (Lipinski definition) is 6.